The summed E-state index contributed by atoms with van der Waals surface area (Å²) in [4.78, 5) is 2.70. The Hall–Kier alpha value is -0.0800. The molecule has 0 amide bonds. The quantitative estimate of drug-likeness (QED) is 0.640. The fourth-order valence-electron chi connectivity index (χ4n) is 2.43. The first-order chi connectivity index (χ1) is 8.36. The lowest BCUT2D eigenvalue weighted by Crippen LogP contribution is -2.46. The van der Waals surface area contributed by atoms with E-state index in [1.165, 1.54) is 25.9 Å². The molecular weight excluding hydrogens is 220 g/mol. The monoisotopic (exact) mass is 256 g/mol. The van der Waals surface area contributed by atoms with E-state index in [0.717, 1.165) is 18.4 Å². The van der Waals surface area contributed by atoms with Gasteiger partial charge in [0.2, 0.25) is 0 Å². The second-order valence-corrected chi connectivity index (χ2v) is 6.75. The lowest BCUT2D eigenvalue weighted by molar-refractivity contribution is 0.143. The third-order valence-electron chi connectivity index (χ3n) is 3.10. The molecule has 0 saturated heterocycles. The van der Waals surface area contributed by atoms with Gasteiger partial charge in [-0.3, -0.25) is 4.90 Å². The number of nitrogens with one attached hydrogen (secondary N) is 1. The summed E-state index contributed by atoms with van der Waals surface area (Å²) in [5.41, 5.74) is 0. The second kappa shape index (κ2) is 9.80. The van der Waals surface area contributed by atoms with Gasteiger partial charge in [0.05, 0.1) is 0 Å². The van der Waals surface area contributed by atoms with E-state index < -0.39 is 0 Å². The first kappa shape index (κ1) is 17.9. The van der Waals surface area contributed by atoms with Crippen molar-refractivity contribution in [2.45, 2.75) is 73.4 Å². The van der Waals surface area contributed by atoms with Crippen LogP contribution in [0.5, 0.6) is 0 Å². The minimum atomic E-state index is 0.587. The van der Waals surface area contributed by atoms with Crippen LogP contribution in [0.4, 0.5) is 0 Å². The highest BCUT2D eigenvalue weighted by atomic mass is 15.2. The van der Waals surface area contributed by atoms with Gasteiger partial charge in [-0.15, -0.1) is 0 Å². The van der Waals surface area contributed by atoms with Crippen LogP contribution in [-0.2, 0) is 0 Å². The molecular formula is C16H36N2. The molecule has 1 N–H and O–H groups in total. The summed E-state index contributed by atoms with van der Waals surface area (Å²) in [7, 11) is 0. The van der Waals surface area contributed by atoms with E-state index in [9.17, 15) is 0 Å². The number of rotatable bonds is 10. The van der Waals surface area contributed by atoms with Crippen molar-refractivity contribution < 1.29 is 0 Å². The van der Waals surface area contributed by atoms with Gasteiger partial charge in [0.15, 0.2) is 0 Å². The fourth-order valence-corrected chi connectivity index (χ4v) is 2.43. The summed E-state index contributed by atoms with van der Waals surface area (Å²) >= 11 is 0. The normalized spacial score (nSPS) is 14.2. The van der Waals surface area contributed by atoms with Crippen LogP contribution < -0.4 is 5.32 Å². The van der Waals surface area contributed by atoms with Crippen molar-refractivity contribution >= 4 is 0 Å². The predicted molar refractivity (Wildman–Crippen MR) is 83.1 cm³/mol. The van der Waals surface area contributed by atoms with Gasteiger partial charge >= 0.3 is 0 Å². The maximum atomic E-state index is 3.62. The van der Waals surface area contributed by atoms with Gasteiger partial charge in [-0.2, -0.15) is 0 Å². The van der Waals surface area contributed by atoms with Crippen LogP contribution in [0.1, 0.15) is 61.3 Å². The van der Waals surface area contributed by atoms with E-state index in [-0.39, 0.29) is 0 Å². The van der Waals surface area contributed by atoms with Crippen molar-refractivity contribution in [3.63, 3.8) is 0 Å². The van der Waals surface area contributed by atoms with E-state index in [4.69, 9.17) is 0 Å². The second-order valence-electron chi connectivity index (χ2n) is 6.75. The van der Waals surface area contributed by atoms with E-state index in [2.05, 4.69) is 58.7 Å². The van der Waals surface area contributed by atoms with Crippen molar-refractivity contribution in [3.8, 4) is 0 Å². The van der Waals surface area contributed by atoms with E-state index in [0.29, 0.717) is 12.1 Å². The molecule has 0 rings (SSSR count). The molecule has 0 spiro atoms. The zero-order valence-corrected chi connectivity index (χ0v) is 13.8. The smallest absolute Gasteiger partial charge is 0.0220 e. The summed E-state index contributed by atoms with van der Waals surface area (Å²) in [6.07, 6.45) is 2.58. The fraction of sp³-hybridized carbons (Fsp3) is 1.00. The van der Waals surface area contributed by atoms with E-state index >= 15 is 0 Å². The highest BCUT2D eigenvalue weighted by Gasteiger charge is 2.19. The van der Waals surface area contributed by atoms with Gasteiger partial charge < -0.3 is 5.32 Å². The molecule has 18 heavy (non-hydrogen) atoms. The lowest BCUT2D eigenvalue weighted by atomic mass is 10.0. The molecule has 1 unspecified atom stereocenters. The predicted octanol–water partition coefficient (Wildman–Crippen LogP) is 3.77. The Labute approximate surface area is 116 Å². The van der Waals surface area contributed by atoms with Gasteiger partial charge in [0.25, 0.3) is 0 Å². The Kier molecular flexibility index (Phi) is 9.76. The number of hydrogen-bond donors (Lipinski definition) is 1. The van der Waals surface area contributed by atoms with Crippen LogP contribution in [0, 0.1) is 11.8 Å². The molecule has 0 aliphatic rings. The van der Waals surface area contributed by atoms with Gasteiger partial charge in [-0.1, -0.05) is 54.9 Å². The Balaban J connectivity index is 4.50. The van der Waals surface area contributed by atoms with Crippen LogP contribution in [0.15, 0.2) is 0 Å². The standard InChI is InChI=1S/C16H36N2/c1-8-9-16(10-17-15(6)7)18(11-13(2)3)12-14(4)5/h13-17H,8-12H2,1-7H3. The average molecular weight is 256 g/mol. The number of hydrogen-bond acceptors (Lipinski definition) is 2. The number of nitrogens with zero attached hydrogens (tertiary/aromatic N) is 1. The van der Waals surface area contributed by atoms with Crippen molar-refractivity contribution in [1.82, 2.24) is 10.2 Å². The average Bonchev–Trinajstić information content (AvgIpc) is 2.21. The summed E-state index contributed by atoms with van der Waals surface area (Å²) < 4.78 is 0. The molecule has 0 aromatic carbocycles. The summed E-state index contributed by atoms with van der Waals surface area (Å²) in [6, 6.07) is 1.28. The van der Waals surface area contributed by atoms with Crippen LogP contribution in [-0.4, -0.2) is 36.6 Å². The van der Waals surface area contributed by atoms with Crippen molar-refractivity contribution in [1.29, 1.82) is 0 Å². The first-order valence-electron chi connectivity index (χ1n) is 7.84. The molecule has 2 nitrogen and oxygen atoms in total. The van der Waals surface area contributed by atoms with Crippen molar-refractivity contribution in [2.24, 2.45) is 11.8 Å². The van der Waals surface area contributed by atoms with E-state index in [1.54, 1.807) is 0 Å². The largest absolute Gasteiger partial charge is 0.313 e. The molecule has 0 fully saturated rings. The molecule has 0 aliphatic carbocycles. The summed E-state index contributed by atoms with van der Waals surface area (Å²) in [5.74, 6) is 1.50. The Bertz CT molecular complexity index is 178. The molecule has 0 heterocycles. The molecule has 1 atom stereocenters. The SMILES string of the molecule is CCCC(CNC(C)C)N(CC(C)C)CC(C)C. The van der Waals surface area contributed by atoms with E-state index in [1.807, 2.05) is 0 Å². The first-order valence-corrected chi connectivity index (χ1v) is 7.84. The summed E-state index contributed by atoms with van der Waals surface area (Å²) in [6.45, 7) is 19.6. The third-order valence-corrected chi connectivity index (χ3v) is 3.10. The summed E-state index contributed by atoms with van der Waals surface area (Å²) in [5, 5.41) is 3.62. The highest BCUT2D eigenvalue weighted by molar-refractivity contribution is 4.76. The van der Waals surface area contributed by atoms with Crippen LogP contribution in [0.2, 0.25) is 0 Å². The molecule has 0 aromatic heterocycles. The van der Waals surface area contributed by atoms with Crippen LogP contribution >= 0.6 is 0 Å². The van der Waals surface area contributed by atoms with Gasteiger partial charge in [-0.25, -0.2) is 0 Å². The zero-order valence-electron chi connectivity index (χ0n) is 13.8. The molecule has 110 valence electrons. The molecule has 0 saturated carbocycles. The molecule has 0 radical (unpaired) electrons. The minimum Gasteiger partial charge on any atom is -0.313 e. The Morgan fingerprint density at radius 3 is 1.72 bits per heavy atom. The lowest BCUT2D eigenvalue weighted by Gasteiger charge is -2.35. The molecule has 0 aromatic rings. The maximum absolute atomic E-state index is 3.62. The molecule has 0 aliphatic heterocycles. The Morgan fingerprint density at radius 2 is 1.39 bits per heavy atom. The van der Waals surface area contributed by atoms with Crippen molar-refractivity contribution in [3.05, 3.63) is 0 Å². The third kappa shape index (κ3) is 8.93. The Morgan fingerprint density at radius 1 is 0.889 bits per heavy atom. The van der Waals surface area contributed by atoms with Gasteiger partial charge in [0, 0.05) is 31.7 Å². The zero-order chi connectivity index (χ0) is 14.1. The van der Waals surface area contributed by atoms with Gasteiger partial charge in [0.1, 0.15) is 0 Å². The molecule has 2 heteroatoms. The maximum Gasteiger partial charge on any atom is 0.0220 e. The topological polar surface area (TPSA) is 15.3 Å². The molecule has 0 bridgehead atoms. The van der Waals surface area contributed by atoms with Gasteiger partial charge in [-0.05, 0) is 18.3 Å². The highest BCUT2D eigenvalue weighted by Crippen LogP contribution is 2.12. The minimum absolute atomic E-state index is 0.587. The van der Waals surface area contributed by atoms with Crippen LogP contribution in [0.25, 0.3) is 0 Å². The van der Waals surface area contributed by atoms with Crippen molar-refractivity contribution in [2.75, 3.05) is 19.6 Å². The van der Waals surface area contributed by atoms with Crippen LogP contribution in [0.3, 0.4) is 0 Å².